The summed E-state index contributed by atoms with van der Waals surface area (Å²) < 4.78 is 1.01. The fourth-order valence-corrected chi connectivity index (χ4v) is 3.04. The minimum Gasteiger partial charge on any atom is -0.337 e. The van der Waals surface area contributed by atoms with Gasteiger partial charge in [0.15, 0.2) is 0 Å². The number of pyridine rings is 1. The van der Waals surface area contributed by atoms with Crippen molar-refractivity contribution in [1.29, 1.82) is 0 Å². The quantitative estimate of drug-likeness (QED) is 0.833. The van der Waals surface area contributed by atoms with Crippen LogP contribution in [0.3, 0.4) is 0 Å². The summed E-state index contributed by atoms with van der Waals surface area (Å²) in [5.74, 6) is 0.335. The van der Waals surface area contributed by atoms with E-state index in [-0.39, 0.29) is 0 Å². The first-order chi connectivity index (χ1) is 8.72. The summed E-state index contributed by atoms with van der Waals surface area (Å²) in [5, 5.41) is 0. The SMILES string of the molecule is O=C1CCC2CN(Cc3ccc(Br)cn3)CCN12. The molecule has 2 saturated heterocycles. The third-order valence-corrected chi connectivity index (χ3v) is 4.22. The molecule has 1 unspecified atom stereocenters. The molecule has 1 aromatic rings. The molecule has 2 fully saturated rings. The summed E-state index contributed by atoms with van der Waals surface area (Å²) >= 11 is 3.39. The molecule has 1 atom stereocenters. The Balaban J connectivity index is 1.62. The molecule has 0 N–H and O–H groups in total. The van der Waals surface area contributed by atoms with Gasteiger partial charge < -0.3 is 4.90 Å². The zero-order valence-electron chi connectivity index (χ0n) is 10.2. The van der Waals surface area contributed by atoms with Gasteiger partial charge >= 0.3 is 0 Å². The number of amides is 1. The van der Waals surface area contributed by atoms with E-state index >= 15 is 0 Å². The van der Waals surface area contributed by atoms with Gasteiger partial charge in [0, 0.05) is 49.3 Å². The van der Waals surface area contributed by atoms with E-state index < -0.39 is 0 Å². The lowest BCUT2D eigenvalue weighted by molar-refractivity contribution is -0.130. The van der Waals surface area contributed by atoms with Crippen LogP contribution in [0.5, 0.6) is 0 Å². The van der Waals surface area contributed by atoms with Gasteiger partial charge in [-0.15, -0.1) is 0 Å². The average molecular weight is 310 g/mol. The number of carbonyl (C=O) groups is 1. The van der Waals surface area contributed by atoms with Crippen LogP contribution in [-0.2, 0) is 11.3 Å². The van der Waals surface area contributed by atoms with Crippen LogP contribution >= 0.6 is 15.9 Å². The third kappa shape index (κ3) is 2.42. The summed E-state index contributed by atoms with van der Waals surface area (Å²) in [6, 6.07) is 4.51. The van der Waals surface area contributed by atoms with Gasteiger partial charge in [-0.1, -0.05) is 0 Å². The Kier molecular flexibility index (Phi) is 3.35. The molecule has 1 amide bonds. The van der Waals surface area contributed by atoms with Gasteiger partial charge in [-0.05, 0) is 34.5 Å². The van der Waals surface area contributed by atoms with Gasteiger partial charge in [-0.25, -0.2) is 0 Å². The second kappa shape index (κ2) is 4.97. The summed E-state index contributed by atoms with van der Waals surface area (Å²) in [6.45, 7) is 3.70. The summed E-state index contributed by atoms with van der Waals surface area (Å²) in [5.41, 5.74) is 1.09. The first kappa shape index (κ1) is 12.1. The summed E-state index contributed by atoms with van der Waals surface area (Å²) in [7, 11) is 0. The Labute approximate surface area is 115 Å². The van der Waals surface area contributed by atoms with E-state index in [4.69, 9.17) is 0 Å². The van der Waals surface area contributed by atoms with Crippen molar-refractivity contribution in [2.24, 2.45) is 0 Å². The van der Waals surface area contributed by atoms with E-state index in [1.54, 1.807) is 0 Å². The number of carbonyl (C=O) groups excluding carboxylic acids is 1. The molecular weight excluding hydrogens is 294 g/mol. The van der Waals surface area contributed by atoms with Gasteiger partial charge in [-0.2, -0.15) is 0 Å². The van der Waals surface area contributed by atoms with Crippen molar-refractivity contribution in [3.05, 3.63) is 28.5 Å². The largest absolute Gasteiger partial charge is 0.337 e. The van der Waals surface area contributed by atoms with Crippen LogP contribution in [0, 0.1) is 0 Å². The number of rotatable bonds is 2. The number of halogens is 1. The molecule has 0 spiro atoms. The van der Waals surface area contributed by atoms with E-state index in [9.17, 15) is 4.79 Å². The fraction of sp³-hybridized carbons (Fsp3) is 0.538. The molecule has 0 saturated carbocycles. The zero-order valence-corrected chi connectivity index (χ0v) is 11.8. The van der Waals surface area contributed by atoms with Crippen molar-refractivity contribution in [3.63, 3.8) is 0 Å². The Morgan fingerprint density at radius 1 is 1.39 bits per heavy atom. The maximum absolute atomic E-state index is 11.6. The Morgan fingerprint density at radius 3 is 3.06 bits per heavy atom. The molecule has 0 aromatic carbocycles. The maximum Gasteiger partial charge on any atom is 0.222 e. The van der Waals surface area contributed by atoms with Gasteiger partial charge in [0.05, 0.1) is 5.69 Å². The lowest BCUT2D eigenvalue weighted by Gasteiger charge is -2.37. The highest BCUT2D eigenvalue weighted by Gasteiger charge is 2.35. The second-order valence-corrected chi connectivity index (χ2v) is 5.90. The average Bonchev–Trinajstić information content (AvgIpc) is 2.74. The molecule has 2 aliphatic heterocycles. The molecule has 5 heteroatoms. The topological polar surface area (TPSA) is 36.4 Å². The van der Waals surface area contributed by atoms with Gasteiger partial charge in [0.1, 0.15) is 0 Å². The van der Waals surface area contributed by atoms with Gasteiger partial charge in [0.25, 0.3) is 0 Å². The van der Waals surface area contributed by atoms with Crippen molar-refractivity contribution in [2.75, 3.05) is 19.6 Å². The molecular formula is C13H16BrN3O. The molecule has 0 radical (unpaired) electrons. The minimum absolute atomic E-state index is 0.335. The van der Waals surface area contributed by atoms with Crippen LogP contribution in [0.25, 0.3) is 0 Å². The molecule has 2 aliphatic rings. The van der Waals surface area contributed by atoms with Crippen LogP contribution in [0.15, 0.2) is 22.8 Å². The number of nitrogens with zero attached hydrogens (tertiary/aromatic N) is 3. The van der Waals surface area contributed by atoms with Crippen LogP contribution in [0.4, 0.5) is 0 Å². The minimum atomic E-state index is 0.335. The first-order valence-corrected chi connectivity index (χ1v) is 7.14. The highest BCUT2D eigenvalue weighted by Crippen LogP contribution is 2.23. The standard InChI is InChI=1S/C13H16BrN3O/c14-10-1-2-11(15-7-10)8-16-5-6-17-12(9-16)3-4-13(17)18/h1-2,7,12H,3-6,8-9H2. The summed E-state index contributed by atoms with van der Waals surface area (Å²) in [6.07, 6.45) is 3.59. The van der Waals surface area contributed by atoms with E-state index in [0.29, 0.717) is 11.9 Å². The lowest BCUT2D eigenvalue weighted by atomic mass is 10.1. The van der Waals surface area contributed by atoms with Crippen molar-refractivity contribution in [3.8, 4) is 0 Å². The zero-order chi connectivity index (χ0) is 12.5. The van der Waals surface area contributed by atoms with E-state index in [1.807, 2.05) is 17.2 Å². The summed E-state index contributed by atoms with van der Waals surface area (Å²) in [4.78, 5) is 20.5. The molecule has 1 aromatic heterocycles. The Bertz CT molecular complexity index is 448. The number of hydrogen-bond acceptors (Lipinski definition) is 3. The van der Waals surface area contributed by atoms with E-state index in [1.165, 1.54) is 0 Å². The van der Waals surface area contributed by atoms with Crippen LogP contribution in [0.2, 0.25) is 0 Å². The van der Waals surface area contributed by atoms with Gasteiger partial charge in [0.2, 0.25) is 5.91 Å². The third-order valence-electron chi connectivity index (χ3n) is 3.75. The highest BCUT2D eigenvalue weighted by atomic mass is 79.9. The van der Waals surface area contributed by atoms with Crippen molar-refractivity contribution >= 4 is 21.8 Å². The van der Waals surface area contributed by atoms with E-state index in [2.05, 4.69) is 31.9 Å². The Morgan fingerprint density at radius 2 is 2.28 bits per heavy atom. The molecule has 4 nitrogen and oxygen atoms in total. The predicted octanol–water partition coefficient (Wildman–Crippen LogP) is 1.65. The maximum atomic E-state index is 11.6. The second-order valence-electron chi connectivity index (χ2n) is 4.98. The predicted molar refractivity (Wildman–Crippen MR) is 71.9 cm³/mol. The van der Waals surface area contributed by atoms with Crippen LogP contribution < -0.4 is 0 Å². The smallest absolute Gasteiger partial charge is 0.222 e. The fourth-order valence-electron chi connectivity index (χ4n) is 2.80. The highest BCUT2D eigenvalue weighted by molar-refractivity contribution is 9.10. The van der Waals surface area contributed by atoms with Crippen LogP contribution in [-0.4, -0.2) is 46.4 Å². The van der Waals surface area contributed by atoms with Gasteiger partial charge in [-0.3, -0.25) is 14.7 Å². The lowest BCUT2D eigenvalue weighted by Crippen LogP contribution is -2.51. The molecule has 0 aliphatic carbocycles. The molecule has 3 rings (SSSR count). The van der Waals surface area contributed by atoms with E-state index in [0.717, 1.165) is 49.2 Å². The molecule has 0 bridgehead atoms. The number of hydrogen-bond donors (Lipinski definition) is 0. The van der Waals surface area contributed by atoms with Crippen LogP contribution in [0.1, 0.15) is 18.5 Å². The van der Waals surface area contributed by atoms with Crippen molar-refractivity contribution in [2.45, 2.75) is 25.4 Å². The van der Waals surface area contributed by atoms with Crippen molar-refractivity contribution in [1.82, 2.24) is 14.8 Å². The first-order valence-electron chi connectivity index (χ1n) is 6.34. The monoisotopic (exact) mass is 309 g/mol. The number of piperazine rings is 1. The molecule has 18 heavy (non-hydrogen) atoms. The Hall–Kier alpha value is -0.940. The molecule has 3 heterocycles. The normalized spacial score (nSPS) is 24.4. The van der Waals surface area contributed by atoms with Crippen molar-refractivity contribution < 1.29 is 4.79 Å². The molecule has 96 valence electrons. The number of aromatic nitrogens is 1. The number of fused-ring (bicyclic) bond motifs is 1.